The van der Waals surface area contributed by atoms with E-state index in [4.69, 9.17) is 11.6 Å². The first-order valence-electron chi connectivity index (χ1n) is 7.75. The maximum absolute atomic E-state index is 12.6. The zero-order chi connectivity index (χ0) is 18.4. The van der Waals surface area contributed by atoms with Crippen LogP contribution in [0.5, 0.6) is 0 Å². The Morgan fingerprint density at radius 3 is 2.85 bits per heavy atom. The van der Waals surface area contributed by atoms with Crippen LogP contribution in [0, 0.1) is 0 Å². The van der Waals surface area contributed by atoms with Crippen LogP contribution in [0.1, 0.15) is 4.88 Å². The summed E-state index contributed by atoms with van der Waals surface area (Å²) in [5.74, 6) is 0.252. The normalized spacial score (nSPS) is 10.7. The van der Waals surface area contributed by atoms with E-state index in [0.717, 1.165) is 10.6 Å². The number of hydrogen-bond acceptors (Lipinski definition) is 6. The molecule has 0 atom stereocenters. The molecule has 0 bridgehead atoms. The number of benzene rings is 1. The van der Waals surface area contributed by atoms with Crippen molar-refractivity contribution in [3.8, 4) is 5.69 Å². The maximum atomic E-state index is 12.6. The Morgan fingerprint density at radius 1 is 1.35 bits per heavy atom. The van der Waals surface area contributed by atoms with Gasteiger partial charge in [0.05, 0.1) is 18.0 Å². The Morgan fingerprint density at radius 2 is 2.15 bits per heavy atom. The van der Waals surface area contributed by atoms with Crippen LogP contribution in [0.25, 0.3) is 5.69 Å². The first-order chi connectivity index (χ1) is 12.7. The molecule has 0 saturated carbocycles. The second kappa shape index (κ2) is 8.98. The van der Waals surface area contributed by atoms with Crippen molar-refractivity contribution in [2.75, 3.05) is 12.3 Å². The summed E-state index contributed by atoms with van der Waals surface area (Å²) >= 11 is 8.84. The average Bonchev–Trinajstić information content (AvgIpc) is 3.31. The van der Waals surface area contributed by atoms with E-state index >= 15 is 0 Å². The molecule has 0 unspecified atom stereocenters. The van der Waals surface area contributed by atoms with Gasteiger partial charge in [-0.1, -0.05) is 35.5 Å². The van der Waals surface area contributed by atoms with E-state index < -0.39 is 0 Å². The Labute approximate surface area is 164 Å². The molecule has 134 valence electrons. The first-order valence-corrected chi connectivity index (χ1v) is 10.00. The average molecular weight is 406 g/mol. The van der Waals surface area contributed by atoms with Crippen molar-refractivity contribution in [3.63, 3.8) is 0 Å². The van der Waals surface area contributed by atoms with Crippen molar-refractivity contribution in [1.29, 1.82) is 0 Å². The van der Waals surface area contributed by atoms with Crippen LogP contribution < -0.4 is 0 Å². The van der Waals surface area contributed by atoms with Crippen LogP contribution >= 0.6 is 34.7 Å². The fourth-order valence-corrected chi connectivity index (χ4v) is 3.87. The molecule has 0 spiro atoms. The molecule has 9 heteroatoms. The quantitative estimate of drug-likeness (QED) is 0.422. The third-order valence-corrected chi connectivity index (χ3v) is 5.48. The molecule has 26 heavy (non-hydrogen) atoms. The number of thioether (sulfide) groups is 1. The highest BCUT2D eigenvalue weighted by molar-refractivity contribution is 7.99. The summed E-state index contributed by atoms with van der Waals surface area (Å²) in [6, 6.07) is 11.2. The van der Waals surface area contributed by atoms with Crippen LogP contribution in [0.2, 0.25) is 5.02 Å². The first kappa shape index (κ1) is 18.6. The van der Waals surface area contributed by atoms with Crippen molar-refractivity contribution < 1.29 is 4.79 Å². The second-order valence-corrected chi connectivity index (χ2v) is 7.69. The molecular formula is C17H16ClN5OS2. The fourth-order valence-electron chi connectivity index (χ4n) is 2.23. The maximum Gasteiger partial charge on any atom is 0.233 e. The number of carbonyl (C=O) groups is 1. The van der Waals surface area contributed by atoms with Crippen molar-refractivity contribution in [2.45, 2.75) is 11.7 Å². The number of rotatable bonds is 8. The van der Waals surface area contributed by atoms with Gasteiger partial charge >= 0.3 is 0 Å². The van der Waals surface area contributed by atoms with Crippen molar-refractivity contribution in [1.82, 2.24) is 25.1 Å². The molecule has 0 fully saturated rings. The summed E-state index contributed by atoms with van der Waals surface area (Å²) in [6.07, 6.45) is 1.73. The molecule has 2 heterocycles. The molecule has 0 radical (unpaired) electrons. The lowest BCUT2D eigenvalue weighted by molar-refractivity contribution is -0.128. The lowest BCUT2D eigenvalue weighted by Crippen LogP contribution is -2.31. The SMILES string of the molecule is C=CCN(Cc1cccs1)C(=O)CSc1nnnn1-c1ccc(Cl)cc1. The predicted octanol–water partition coefficient (Wildman–Crippen LogP) is 3.68. The standard InChI is InChI=1S/C17H16ClN5OS2/c1-2-9-22(11-15-4-3-10-25-15)16(24)12-26-17-19-20-21-23(17)14-7-5-13(18)6-8-14/h2-8,10H,1,9,11-12H2. The van der Waals surface area contributed by atoms with Gasteiger partial charge in [0.25, 0.3) is 0 Å². The Balaban J connectivity index is 1.66. The van der Waals surface area contributed by atoms with Gasteiger partial charge in [-0.25, -0.2) is 0 Å². The van der Waals surface area contributed by atoms with Gasteiger partial charge in [0, 0.05) is 16.4 Å². The molecule has 0 N–H and O–H groups in total. The summed E-state index contributed by atoms with van der Waals surface area (Å²) in [7, 11) is 0. The van der Waals surface area contributed by atoms with E-state index in [-0.39, 0.29) is 11.7 Å². The smallest absolute Gasteiger partial charge is 0.233 e. The van der Waals surface area contributed by atoms with Crippen LogP contribution in [0.4, 0.5) is 0 Å². The molecule has 1 aromatic carbocycles. The van der Waals surface area contributed by atoms with Crippen molar-refractivity contribution >= 4 is 40.6 Å². The molecule has 3 aromatic rings. The Hall–Kier alpha value is -2.16. The van der Waals surface area contributed by atoms with Gasteiger partial charge in [0.2, 0.25) is 11.1 Å². The van der Waals surface area contributed by atoms with E-state index in [9.17, 15) is 4.79 Å². The van der Waals surface area contributed by atoms with Gasteiger partial charge in [0.15, 0.2) is 0 Å². The molecule has 0 aliphatic heterocycles. The van der Waals surface area contributed by atoms with Gasteiger partial charge in [-0.15, -0.1) is 23.0 Å². The molecule has 6 nitrogen and oxygen atoms in total. The highest BCUT2D eigenvalue weighted by Gasteiger charge is 2.16. The van der Waals surface area contributed by atoms with Crippen molar-refractivity contribution in [2.24, 2.45) is 0 Å². The molecular weight excluding hydrogens is 390 g/mol. The fraction of sp³-hybridized carbons (Fsp3) is 0.176. The number of carbonyl (C=O) groups excluding carboxylic acids is 1. The second-order valence-electron chi connectivity index (χ2n) is 5.28. The van der Waals surface area contributed by atoms with E-state index in [0.29, 0.717) is 23.3 Å². The third-order valence-electron chi connectivity index (χ3n) is 3.47. The van der Waals surface area contributed by atoms with Gasteiger partial charge in [0.1, 0.15) is 0 Å². The zero-order valence-electron chi connectivity index (χ0n) is 13.8. The topological polar surface area (TPSA) is 63.9 Å². The summed E-state index contributed by atoms with van der Waals surface area (Å²) < 4.78 is 1.59. The molecule has 2 aromatic heterocycles. The van der Waals surface area contributed by atoms with Crippen LogP contribution in [0.3, 0.4) is 0 Å². The minimum Gasteiger partial charge on any atom is -0.333 e. The highest BCUT2D eigenvalue weighted by atomic mass is 35.5. The summed E-state index contributed by atoms with van der Waals surface area (Å²) in [5.41, 5.74) is 0.788. The van der Waals surface area contributed by atoms with E-state index in [1.807, 2.05) is 29.6 Å². The number of aromatic nitrogens is 4. The largest absolute Gasteiger partial charge is 0.333 e. The number of nitrogens with zero attached hydrogens (tertiary/aromatic N) is 5. The molecule has 1 amide bonds. The number of thiophene rings is 1. The lowest BCUT2D eigenvalue weighted by atomic mass is 10.3. The van der Waals surface area contributed by atoms with Crippen LogP contribution in [-0.2, 0) is 11.3 Å². The minimum atomic E-state index is 0.00829. The number of tetrazole rings is 1. The number of halogens is 1. The summed E-state index contributed by atoms with van der Waals surface area (Å²) in [6.45, 7) is 4.81. The van der Waals surface area contributed by atoms with Crippen molar-refractivity contribution in [3.05, 3.63) is 64.3 Å². The van der Waals surface area contributed by atoms with E-state index in [1.165, 1.54) is 11.8 Å². The highest BCUT2D eigenvalue weighted by Crippen LogP contribution is 2.21. The predicted molar refractivity (Wildman–Crippen MR) is 105 cm³/mol. The minimum absolute atomic E-state index is 0.00829. The van der Waals surface area contributed by atoms with Crippen LogP contribution in [0.15, 0.2) is 59.6 Å². The molecule has 0 saturated heterocycles. The molecule has 0 aliphatic rings. The van der Waals surface area contributed by atoms with Gasteiger partial charge in [-0.2, -0.15) is 4.68 Å². The lowest BCUT2D eigenvalue weighted by Gasteiger charge is -2.20. The third kappa shape index (κ3) is 4.72. The molecule has 3 rings (SSSR count). The van der Waals surface area contributed by atoms with Gasteiger partial charge in [-0.3, -0.25) is 4.79 Å². The Bertz CT molecular complexity index is 864. The van der Waals surface area contributed by atoms with E-state index in [2.05, 4.69) is 22.1 Å². The molecule has 0 aliphatic carbocycles. The number of hydrogen-bond donors (Lipinski definition) is 0. The van der Waals surface area contributed by atoms with E-state index in [1.54, 1.807) is 39.1 Å². The monoisotopic (exact) mass is 405 g/mol. The summed E-state index contributed by atoms with van der Waals surface area (Å²) in [5, 5.41) is 14.9. The number of amides is 1. The van der Waals surface area contributed by atoms with Crippen LogP contribution in [-0.4, -0.2) is 43.3 Å². The zero-order valence-corrected chi connectivity index (χ0v) is 16.2. The summed E-state index contributed by atoms with van der Waals surface area (Å²) in [4.78, 5) is 15.5. The van der Waals surface area contributed by atoms with Gasteiger partial charge in [-0.05, 0) is 46.1 Å². The Kier molecular flexibility index (Phi) is 6.43. The van der Waals surface area contributed by atoms with Gasteiger partial charge < -0.3 is 4.90 Å².